The summed E-state index contributed by atoms with van der Waals surface area (Å²) in [5.41, 5.74) is 3.91. The van der Waals surface area contributed by atoms with E-state index in [4.69, 9.17) is 14.2 Å². The fourth-order valence-corrected chi connectivity index (χ4v) is 7.89. The second-order valence-corrected chi connectivity index (χ2v) is 10.1. The van der Waals surface area contributed by atoms with Crippen molar-refractivity contribution in [3.8, 4) is 0 Å². The van der Waals surface area contributed by atoms with Gasteiger partial charge in [-0.05, 0) is 61.5 Å². The molecule has 0 unspecified atom stereocenters. The van der Waals surface area contributed by atoms with Crippen molar-refractivity contribution in [3.05, 3.63) is 34.4 Å². The van der Waals surface area contributed by atoms with E-state index in [0.717, 1.165) is 51.4 Å². The highest BCUT2D eigenvalue weighted by Gasteiger charge is 2.65. The van der Waals surface area contributed by atoms with Crippen LogP contribution in [0, 0.1) is 17.3 Å². The summed E-state index contributed by atoms with van der Waals surface area (Å²) in [6.45, 7) is 4.08. The highest BCUT2D eigenvalue weighted by atomic mass is 19.3. The molecule has 4 aliphatic carbocycles. The van der Waals surface area contributed by atoms with E-state index in [1.54, 1.807) is 0 Å². The lowest BCUT2D eigenvalue weighted by Gasteiger charge is -2.51. The highest BCUT2D eigenvalue weighted by Crippen LogP contribution is 2.67. The molecule has 2 aliphatic heterocycles. The molecular formula is C24H30F2O3. The lowest BCUT2D eigenvalue weighted by atomic mass is 9.55. The molecule has 3 fully saturated rings. The van der Waals surface area contributed by atoms with Crippen LogP contribution in [0.1, 0.15) is 64.7 Å². The highest BCUT2D eigenvalue weighted by molar-refractivity contribution is 5.46. The Balaban J connectivity index is 1.36. The van der Waals surface area contributed by atoms with Gasteiger partial charge in [0.05, 0.1) is 19.8 Å². The van der Waals surface area contributed by atoms with Crippen molar-refractivity contribution in [2.45, 2.75) is 76.1 Å². The molecule has 2 heterocycles. The van der Waals surface area contributed by atoms with Crippen molar-refractivity contribution < 1.29 is 23.0 Å². The van der Waals surface area contributed by atoms with Crippen LogP contribution < -0.4 is 0 Å². The number of hydrogen-bond acceptors (Lipinski definition) is 3. The molecule has 3 nitrogen and oxygen atoms in total. The Morgan fingerprint density at radius 2 is 1.83 bits per heavy atom. The van der Waals surface area contributed by atoms with Crippen LogP contribution in [0.3, 0.4) is 0 Å². The Kier molecular flexibility index (Phi) is 4.03. The maximum Gasteiger partial charge on any atom is 0.272 e. The number of ether oxygens (including phenoxy) is 3. The molecule has 0 aromatic carbocycles. The van der Waals surface area contributed by atoms with Gasteiger partial charge in [0.15, 0.2) is 5.79 Å². The van der Waals surface area contributed by atoms with Crippen LogP contribution in [0.15, 0.2) is 34.4 Å². The van der Waals surface area contributed by atoms with Crippen molar-refractivity contribution >= 4 is 0 Å². The van der Waals surface area contributed by atoms with Gasteiger partial charge in [-0.2, -0.15) is 8.78 Å². The van der Waals surface area contributed by atoms with Gasteiger partial charge >= 0.3 is 0 Å². The Labute approximate surface area is 171 Å². The Morgan fingerprint density at radius 3 is 2.62 bits per heavy atom. The van der Waals surface area contributed by atoms with Crippen LogP contribution in [0.4, 0.5) is 8.78 Å². The van der Waals surface area contributed by atoms with E-state index in [9.17, 15) is 8.78 Å². The molecule has 0 radical (unpaired) electrons. The first-order valence-electron chi connectivity index (χ1n) is 11.4. The van der Waals surface area contributed by atoms with Gasteiger partial charge < -0.3 is 14.2 Å². The fourth-order valence-electron chi connectivity index (χ4n) is 7.89. The van der Waals surface area contributed by atoms with E-state index in [1.165, 1.54) is 16.7 Å². The molecule has 4 atom stereocenters. The third-order valence-corrected chi connectivity index (χ3v) is 9.18. The summed E-state index contributed by atoms with van der Waals surface area (Å²) in [4.78, 5) is 0. The molecule has 0 bridgehead atoms. The van der Waals surface area contributed by atoms with Gasteiger partial charge in [0, 0.05) is 30.3 Å². The smallest absolute Gasteiger partial charge is 0.272 e. The number of halogens is 2. The predicted octanol–water partition coefficient (Wildman–Crippen LogP) is 5.68. The van der Waals surface area contributed by atoms with E-state index in [1.807, 2.05) is 0 Å². The first-order chi connectivity index (χ1) is 14.0. The Morgan fingerprint density at radius 1 is 1.00 bits per heavy atom. The zero-order chi connectivity index (χ0) is 19.9. The molecule has 29 heavy (non-hydrogen) atoms. The maximum absolute atomic E-state index is 13.8. The molecule has 158 valence electrons. The zero-order valence-electron chi connectivity index (χ0n) is 17.2. The standard InChI is InChI=1S/C24H30F2O3/c1-22-8-4-17-16-5-9-23(27-12-13-28-23)14-15(16)2-3-18(17)19(22)6-10-24(22)20(21(25)26)7-11-29-24/h4,18-19H,2-3,5-14H2,1H3/t18-,19+,22+,24+/m1/s1. The van der Waals surface area contributed by atoms with Crippen molar-refractivity contribution in [1.29, 1.82) is 0 Å². The molecule has 5 heteroatoms. The second-order valence-electron chi connectivity index (χ2n) is 10.1. The Bertz CT molecular complexity index is 833. The van der Waals surface area contributed by atoms with Crippen molar-refractivity contribution in [3.63, 3.8) is 0 Å². The third-order valence-electron chi connectivity index (χ3n) is 9.18. The zero-order valence-corrected chi connectivity index (χ0v) is 17.2. The van der Waals surface area contributed by atoms with Gasteiger partial charge in [-0.1, -0.05) is 18.6 Å². The van der Waals surface area contributed by atoms with E-state index in [2.05, 4.69) is 13.0 Å². The molecule has 2 saturated heterocycles. The summed E-state index contributed by atoms with van der Waals surface area (Å²) in [6.07, 6.45) is 8.94. The molecule has 2 spiro atoms. The Hall–Kier alpha value is -1.04. The molecule has 0 amide bonds. The summed E-state index contributed by atoms with van der Waals surface area (Å²) < 4.78 is 45.8. The van der Waals surface area contributed by atoms with Crippen LogP contribution in [0.25, 0.3) is 0 Å². The number of fused-ring (bicyclic) bond motifs is 5. The van der Waals surface area contributed by atoms with Crippen molar-refractivity contribution in [1.82, 2.24) is 0 Å². The van der Waals surface area contributed by atoms with Crippen molar-refractivity contribution in [2.75, 3.05) is 19.8 Å². The van der Waals surface area contributed by atoms with E-state index < -0.39 is 11.7 Å². The van der Waals surface area contributed by atoms with Gasteiger partial charge in [-0.15, -0.1) is 0 Å². The molecule has 0 aromatic rings. The number of hydrogen-bond donors (Lipinski definition) is 0. The molecule has 6 rings (SSSR count). The van der Waals surface area contributed by atoms with Gasteiger partial charge in [0.25, 0.3) is 6.08 Å². The van der Waals surface area contributed by atoms with Gasteiger partial charge in [-0.25, -0.2) is 0 Å². The van der Waals surface area contributed by atoms with Gasteiger partial charge in [-0.3, -0.25) is 0 Å². The lowest BCUT2D eigenvalue weighted by molar-refractivity contribution is -0.164. The molecule has 0 N–H and O–H groups in total. The van der Waals surface area contributed by atoms with Crippen LogP contribution in [-0.2, 0) is 14.2 Å². The minimum absolute atomic E-state index is 0.220. The topological polar surface area (TPSA) is 27.7 Å². The summed E-state index contributed by atoms with van der Waals surface area (Å²) in [7, 11) is 0. The minimum atomic E-state index is -1.50. The summed E-state index contributed by atoms with van der Waals surface area (Å²) in [6, 6.07) is 0. The largest absolute Gasteiger partial charge is 0.369 e. The van der Waals surface area contributed by atoms with Gasteiger partial charge in [0.2, 0.25) is 0 Å². The first-order valence-corrected chi connectivity index (χ1v) is 11.4. The van der Waals surface area contributed by atoms with E-state index in [-0.39, 0.29) is 11.2 Å². The summed E-state index contributed by atoms with van der Waals surface area (Å²) >= 11 is 0. The molecule has 1 saturated carbocycles. The number of rotatable bonds is 0. The second kappa shape index (κ2) is 6.24. The number of allylic oxidation sites excluding steroid dienone is 3. The van der Waals surface area contributed by atoms with Crippen LogP contribution in [0.5, 0.6) is 0 Å². The molecule has 0 aromatic heterocycles. The van der Waals surface area contributed by atoms with E-state index >= 15 is 0 Å². The SMILES string of the molecule is C[C@]12CC=C3C4=C(CC[C@H]3[C@@H]1CC[C@@]21OCCC1=C(F)F)CC1(CC4)OCCO1. The average molecular weight is 404 g/mol. The summed E-state index contributed by atoms with van der Waals surface area (Å²) in [5.74, 6) is 0.543. The van der Waals surface area contributed by atoms with Crippen LogP contribution in [-0.4, -0.2) is 31.2 Å². The molecule has 6 aliphatic rings. The fraction of sp³-hybridized carbons (Fsp3) is 0.750. The normalized spacial score (nSPS) is 42.9. The first kappa shape index (κ1) is 18.7. The monoisotopic (exact) mass is 404 g/mol. The van der Waals surface area contributed by atoms with E-state index in [0.29, 0.717) is 43.7 Å². The maximum atomic E-state index is 13.8. The average Bonchev–Trinajstić information content (AvgIpc) is 3.41. The van der Waals surface area contributed by atoms with Crippen LogP contribution >= 0.6 is 0 Å². The minimum Gasteiger partial charge on any atom is -0.369 e. The quantitative estimate of drug-likeness (QED) is 0.520. The third kappa shape index (κ3) is 2.38. The van der Waals surface area contributed by atoms with Crippen LogP contribution in [0.2, 0.25) is 0 Å². The van der Waals surface area contributed by atoms with Gasteiger partial charge in [0.1, 0.15) is 5.60 Å². The summed E-state index contributed by atoms with van der Waals surface area (Å²) in [5, 5.41) is 0. The predicted molar refractivity (Wildman–Crippen MR) is 104 cm³/mol. The lowest BCUT2D eigenvalue weighted by Crippen LogP contribution is -2.49. The van der Waals surface area contributed by atoms with Crippen molar-refractivity contribution in [2.24, 2.45) is 17.3 Å². The molecular weight excluding hydrogens is 374 g/mol.